The Morgan fingerprint density at radius 1 is 1.38 bits per heavy atom. The van der Waals surface area contributed by atoms with E-state index in [0.717, 1.165) is 19.1 Å². The third-order valence-electron chi connectivity index (χ3n) is 4.12. The van der Waals surface area contributed by atoms with Gasteiger partial charge in [0.2, 0.25) is 0 Å². The standard InChI is InChI=1S/C18H17ClF4N2O4/c1-3-4-5-14(17(27)28)29-15-7-13(12(20)6-11(15)19)25-16(26)9(2)10(8-24-25)18(21,22)23/h6-8,14H,3-5H2,1-2H3,(H,27,28). The number of halogens is 5. The molecule has 0 spiro atoms. The number of aliphatic carboxylic acids is 1. The number of carbonyl (C=O) groups is 1. The minimum Gasteiger partial charge on any atom is -0.479 e. The number of carboxylic acids is 1. The molecule has 1 heterocycles. The highest BCUT2D eigenvalue weighted by Crippen LogP contribution is 2.32. The maximum absolute atomic E-state index is 14.4. The molecule has 0 amide bonds. The maximum Gasteiger partial charge on any atom is 0.418 e. The Hall–Kier alpha value is -2.62. The van der Waals surface area contributed by atoms with Gasteiger partial charge in [-0.3, -0.25) is 4.79 Å². The molecule has 0 bridgehead atoms. The Labute approximate surface area is 167 Å². The molecule has 1 N–H and O–H groups in total. The van der Waals surface area contributed by atoms with E-state index in [1.807, 2.05) is 6.92 Å². The lowest BCUT2D eigenvalue weighted by atomic mass is 10.1. The topological polar surface area (TPSA) is 81.4 Å². The van der Waals surface area contributed by atoms with Gasteiger partial charge in [0.15, 0.2) is 11.9 Å². The molecule has 2 aromatic rings. The van der Waals surface area contributed by atoms with E-state index in [0.29, 0.717) is 23.7 Å². The molecule has 1 aromatic carbocycles. The fraction of sp³-hybridized carbons (Fsp3) is 0.389. The minimum absolute atomic E-state index is 0.159. The third kappa shape index (κ3) is 5.06. The Bertz CT molecular complexity index is 976. The van der Waals surface area contributed by atoms with Gasteiger partial charge in [-0.2, -0.15) is 23.0 Å². The van der Waals surface area contributed by atoms with E-state index < -0.39 is 46.4 Å². The van der Waals surface area contributed by atoms with Crippen molar-refractivity contribution >= 4 is 17.6 Å². The lowest BCUT2D eigenvalue weighted by Gasteiger charge is -2.17. The van der Waals surface area contributed by atoms with Crippen molar-refractivity contribution in [2.24, 2.45) is 0 Å². The van der Waals surface area contributed by atoms with Gasteiger partial charge in [0.25, 0.3) is 5.56 Å². The highest BCUT2D eigenvalue weighted by molar-refractivity contribution is 6.32. The largest absolute Gasteiger partial charge is 0.479 e. The molecule has 1 unspecified atom stereocenters. The van der Waals surface area contributed by atoms with Gasteiger partial charge < -0.3 is 9.84 Å². The highest BCUT2D eigenvalue weighted by Gasteiger charge is 2.34. The Balaban J connectivity index is 2.53. The summed E-state index contributed by atoms with van der Waals surface area (Å²) < 4.78 is 58.9. The molecular weight excluding hydrogens is 420 g/mol. The van der Waals surface area contributed by atoms with Gasteiger partial charge in [0.1, 0.15) is 11.4 Å². The summed E-state index contributed by atoms with van der Waals surface area (Å²) in [6.07, 6.45) is -4.25. The fourth-order valence-electron chi connectivity index (χ4n) is 2.54. The average molecular weight is 437 g/mol. The molecule has 29 heavy (non-hydrogen) atoms. The van der Waals surface area contributed by atoms with Crippen molar-refractivity contribution in [1.29, 1.82) is 0 Å². The average Bonchev–Trinajstić information content (AvgIpc) is 2.61. The van der Waals surface area contributed by atoms with E-state index in [-0.39, 0.29) is 17.2 Å². The summed E-state index contributed by atoms with van der Waals surface area (Å²) in [5.41, 5.74) is -3.62. The van der Waals surface area contributed by atoms with Gasteiger partial charge in [0.05, 0.1) is 16.8 Å². The van der Waals surface area contributed by atoms with Crippen molar-refractivity contribution in [2.75, 3.05) is 0 Å². The first-order valence-electron chi connectivity index (χ1n) is 8.52. The second kappa shape index (κ2) is 8.81. The van der Waals surface area contributed by atoms with Gasteiger partial charge in [-0.15, -0.1) is 0 Å². The summed E-state index contributed by atoms with van der Waals surface area (Å²) in [5, 5.41) is 12.4. The summed E-state index contributed by atoms with van der Waals surface area (Å²) >= 11 is 5.91. The SMILES string of the molecule is CCCCC(Oc1cc(-n2ncc(C(F)(F)F)c(C)c2=O)c(F)cc1Cl)C(=O)O. The number of rotatable bonds is 7. The quantitative estimate of drug-likeness (QED) is 0.652. The molecule has 0 aliphatic carbocycles. The van der Waals surface area contributed by atoms with Gasteiger partial charge in [-0.05, 0) is 25.8 Å². The van der Waals surface area contributed by atoms with Crippen LogP contribution in [0, 0.1) is 12.7 Å². The number of hydrogen-bond acceptors (Lipinski definition) is 4. The molecule has 1 atom stereocenters. The summed E-state index contributed by atoms with van der Waals surface area (Å²) in [4.78, 5) is 23.7. The molecule has 2 rings (SSSR count). The molecule has 0 fully saturated rings. The van der Waals surface area contributed by atoms with Crippen molar-refractivity contribution in [2.45, 2.75) is 45.4 Å². The van der Waals surface area contributed by atoms with Gasteiger partial charge in [0, 0.05) is 11.6 Å². The van der Waals surface area contributed by atoms with Crippen LogP contribution in [-0.2, 0) is 11.0 Å². The van der Waals surface area contributed by atoms with Crippen LogP contribution in [0.5, 0.6) is 5.75 Å². The van der Waals surface area contributed by atoms with Crippen LogP contribution in [-0.4, -0.2) is 27.0 Å². The van der Waals surface area contributed by atoms with Crippen LogP contribution in [0.3, 0.4) is 0 Å². The highest BCUT2D eigenvalue weighted by atomic mass is 35.5. The molecule has 158 valence electrons. The number of carboxylic acid groups (broad SMARTS) is 1. The normalized spacial score (nSPS) is 12.7. The van der Waals surface area contributed by atoms with Crippen molar-refractivity contribution in [3.8, 4) is 11.4 Å². The van der Waals surface area contributed by atoms with E-state index in [1.165, 1.54) is 0 Å². The lowest BCUT2D eigenvalue weighted by molar-refractivity contribution is -0.145. The molecule has 1 aromatic heterocycles. The summed E-state index contributed by atoms with van der Waals surface area (Å²) in [6, 6.07) is 1.70. The lowest BCUT2D eigenvalue weighted by Crippen LogP contribution is -2.29. The smallest absolute Gasteiger partial charge is 0.418 e. The van der Waals surface area contributed by atoms with Crippen LogP contribution in [0.15, 0.2) is 23.1 Å². The first-order valence-corrected chi connectivity index (χ1v) is 8.90. The predicted molar refractivity (Wildman–Crippen MR) is 96.1 cm³/mol. The number of aromatic nitrogens is 2. The number of hydrogen-bond donors (Lipinski definition) is 1. The number of ether oxygens (including phenoxy) is 1. The van der Waals surface area contributed by atoms with Gasteiger partial charge in [-0.1, -0.05) is 24.9 Å². The van der Waals surface area contributed by atoms with Crippen molar-refractivity contribution in [3.05, 3.63) is 50.7 Å². The number of benzene rings is 1. The predicted octanol–water partition coefficient (Wildman–Crippen LogP) is 4.37. The van der Waals surface area contributed by atoms with Crippen LogP contribution in [0.25, 0.3) is 5.69 Å². The minimum atomic E-state index is -4.80. The molecule has 0 saturated heterocycles. The molecule has 0 aliphatic heterocycles. The van der Waals surface area contributed by atoms with E-state index in [1.54, 1.807) is 0 Å². The summed E-state index contributed by atoms with van der Waals surface area (Å²) in [5.74, 6) is -2.55. The second-order valence-corrected chi connectivity index (χ2v) is 6.63. The molecule has 6 nitrogen and oxygen atoms in total. The van der Waals surface area contributed by atoms with Crippen LogP contribution in [0.1, 0.15) is 37.3 Å². The first-order chi connectivity index (χ1) is 13.5. The summed E-state index contributed by atoms with van der Waals surface area (Å²) in [7, 11) is 0. The molecular formula is C18H17ClF4N2O4. The zero-order valence-corrected chi connectivity index (χ0v) is 16.1. The van der Waals surface area contributed by atoms with E-state index in [9.17, 15) is 32.3 Å². The second-order valence-electron chi connectivity index (χ2n) is 6.22. The summed E-state index contributed by atoms with van der Waals surface area (Å²) in [6.45, 7) is 2.80. The first kappa shape index (κ1) is 22.7. The fourth-order valence-corrected chi connectivity index (χ4v) is 2.74. The van der Waals surface area contributed by atoms with Crippen molar-refractivity contribution in [1.82, 2.24) is 9.78 Å². The van der Waals surface area contributed by atoms with E-state index in [2.05, 4.69) is 5.10 Å². The molecule has 0 radical (unpaired) electrons. The number of unbranched alkanes of at least 4 members (excludes halogenated alkanes) is 1. The van der Waals surface area contributed by atoms with Crippen molar-refractivity contribution in [3.63, 3.8) is 0 Å². The number of alkyl halides is 3. The molecule has 0 aliphatic rings. The molecule has 0 saturated carbocycles. The third-order valence-corrected chi connectivity index (χ3v) is 4.41. The van der Waals surface area contributed by atoms with Crippen LogP contribution < -0.4 is 10.3 Å². The Morgan fingerprint density at radius 2 is 2.03 bits per heavy atom. The monoisotopic (exact) mass is 436 g/mol. The maximum atomic E-state index is 14.4. The van der Waals surface area contributed by atoms with Gasteiger partial charge in [-0.25, -0.2) is 9.18 Å². The van der Waals surface area contributed by atoms with E-state index >= 15 is 0 Å². The number of nitrogens with zero attached hydrogens (tertiary/aromatic N) is 2. The zero-order chi connectivity index (χ0) is 21.9. The van der Waals surface area contributed by atoms with Crippen LogP contribution in [0.2, 0.25) is 5.02 Å². The van der Waals surface area contributed by atoms with Gasteiger partial charge >= 0.3 is 12.1 Å². The van der Waals surface area contributed by atoms with Crippen LogP contribution >= 0.6 is 11.6 Å². The van der Waals surface area contributed by atoms with E-state index in [4.69, 9.17) is 16.3 Å². The molecule has 11 heteroatoms. The van der Waals surface area contributed by atoms with Crippen molar-refractivity contribution < 1.29 is 32.2 Å². The zero-order valence-electron chi connectivity index (χ0n) is 15.4. The van der Waals surface area contributed by atoms with Crippen LogP contribution in [0.4, 0.5) is 17.6 Å². The Morgan fingerprint density at radius 3 is 2.59 bits per heavy atom. The Kier molecular flexibility index (Phi) is 6.89.